The van der Waals surface area contributed by atoms with Gasteiger partial charge < -0.3 is 0 Å². The van der Waals surface area contributed by atoms with Crippen LogP contribution in [0.4, 0.5) is 0 Å². The second-order valence-electron chi connectivity index (χ2n) is 3.80. The van der Waals surface area contributed by atoms with Crippen LogP contribution in [0.1, 0.15) is 19.2 Å². The standard InChI is InChI=1S/C12H12N4S/c1-2-3-10-13-5-6-16(10)12-11-9(4-7-17-11)14-8-15-12/h4-8H,2-3H2,1H3. The molecule has 3 rings (SSSR count). The van der Waals surface area contributed by atoms with Crippen LogP contribution in [-0.4, -0.2) is 19.5 Å². The van der Waals surface area contributed by atoms with Crippen LogP contribution in [0, 0.1) is 0 Å². The van der Waals surface area contributed by atoms with Crippen LogP contribution >= 0.6 is 11.3 Å². The molecule has 0 atom stereocenters. The first kappa shape index (κ1) is 10.4. The van der Waals surface area contributed by atoms with Crippen molar-refractivity contribution in [3.8, 4) is 5.82 Å². The highest BCUT2D eigenvalue weighted by Crippen LogP contribution is 2.24. The Morgan fingerprint density at radius 2 is 2.24 bits per heavy atom. The molecule has 0 bridgehead atoms. The average Bonchev–Trinajstić information content (AvgIpc) is 2.96. The lowest BCUT2D eigenvalue weighted by molar-refractivity contribution is 0.800. The van der Waals surface area contributed by atoms with Crippen molar-refractivity contribution in [3.05, 3.63) is 36.0 Å². The zero-order chi connectivity index (χ0) is 11.7. The monoisotopic (exact) mass is 244 g/mol. The third kappa shape index (κ3) is 1.72. The molecule has 0 N–H and O–H groups in total. The second kappa shape index (κ2) is 4.25. The van der Waals surface area contributed by atoms with Gasteiger partial charge in [-0.1, -0.05) is 6.92 Å². The van der Waals surface area contributed by atoms with E-state index in [0.717, 1.165) is 34.7 Å². The molecule has 0 radical (unpaired) electrons. The van der Waals surface area contributed by atoms with Crippen LogP contribution < -0.4 is 0 Å². The van der Waals surface area contributed by atoms with Crippen LogP contribution in [-0.2, 0) is 6.42 Å². The summed E-state index contributed by atoms with van der Waals surface area (Å²) in [5, 5.41) is 2.04. The normalized spacial score (nSPS) is 11.1. The van der Waals surface area contributed by atoms with E-state index in [0.29, 0.717) is 0 Å². The first-order chi connectivity index (χ1) is 8.40. The predicted octanol–water partition coefficient (Wildman–Crippen LogP) is 2.83. The number of aromatic nitrogens is 4. The first-order valence-electron chi connectivity index (χ1n) is 5.61. The summed E-state index contributed by atoms with van der Waals surface area (Å²) in [6.45, 7) is 2.15. The maximum atomic E-state index is 4.39. The number of fused-ring (bicyclic) bond motifs is 1. The largest absolute Gasteiger partial charge is 0.287 e. The Kier molecular flexibility index (Phi) is 2.60. The molecule has 0 spiro atoms. The summed E-state index contributed by atoms with van der Waals surface area (Å²) >= 11 is 1.67. The Balaban J connectivity index is 2.20. The molecular formula is C12H12N4S. The van der Waals surface area contributed by atoms with E-state index in [1.54, 1.807) is 17.7 Å². The predicted molar refractivity (Wildman–Crippen MR) is 68.5 cm³/mol. The van der Waals surface area contributed by atoms with Crippen LogP contribution in [0.2, 0.25) is 0 Å². The van der Waals surface area contributed by atoms with Crippen molar-refractivity contribution in [1.29, 1.82) is 0 Å². The molecule has 3 heterocycles. The summed E-state index contributed by atoms with van der Waals surface area (Å²) in [5.41, 5.74) is 0.996. The fraction of sp³-hybridized carbons (Fsp3) is 0.250. The van der Waals surface area contributed by atoms with E-state index in [1.165, 1.54) is 0 Å². The Bertz CT molecular complexity index is 641. The molecule has 0 aliphatic heterocycles. The molecule has 0 saturated carbocycles. The molecule has 17 heavy (non-hydrogen) atoms. The van der Waals surface area contributed by atoms with Gasteiger partial charge in [0.25, 0.3) is 0 Å². The molecule has 0 aromatic carbocycles. The highest BCUT2D eigenvalue weighted by atomic mass is 32.1. The zero-order valence-corrected chi connectivity index (χ0v) is 10.3. The summed E-state index contributed by atoms with van der Waals surface area (Å²) in [6, 6.07) is 2.02. The Morgan fingerprint density at radius 1 is 1.29 bits per heavy atom. The number of hydrogen-bond donors (Lipinski definition) is 0. The number of rotatable bonds is 3. The maximum Gasteiger partial charge on any atom is 0.159 e. The van der Waals surface area contributed by atoms with Crippen LogP contribution in [0.25, 0.3) is 16.0 Å². The quantitative estimate of drug-likeness (QED) is 0.711. The van der Waals surface area contributed by atoms with Crippen molar-refractivity contribution in [1.82, 2.24) is 19.5 Å². The summed E-state index contributed by atoms with van der Waals surface area (Å²) in [7, 11) is 0. The molecule has 0 aliphatic carbocycles. The summed E-state index contributed by atoms with van der Waals surface area (Å²) in [5.74, 6) is 1.99. The van der Waals surface area contributed by atoms with Crippen molar-refractivity contribution in [2.75, 3.05) is 0 Å². The van der Waals surface area contributed by atoms with Gasteiger partial charge in [0, 0.05) is 18.8 Å². The van der Waals surface area contributed by atoms with E-state index in [2.05, 4.69) is 26.4 Å². The molecule has 4 nitrogen and oxygen atoms in total. The number of imidazole rings is 1. The molecule has 3 aromatic rings. The average molecular weight is 244 g/mol. The van der Waals surface area contributed by atoms with Gasteiger partial charge in [-0.3, -0.25) is 4.57 Å². The minimum Gasteiger partial charge on any atom is -0.287 e. The zero-order valence-electron chi connectivity index (χ0n) is 9.50. The molecule has 0 saturated heterocycles. The van der Waals surface area contributed by atoms with Crippen LogP contribution in [0.5, 0.6) is 0 Å². The van der Waals surface area contributed by atoms with Gasteiger partial charge in [-0.25, -0.2) is 15.0 Å². The molecule has 0 amide bonds. The molecule has 3 aromatic heterocycles. The number of thiophene rings is 1. The SMILES string of the molecule is CCCc1nccn1-c1ncnc2ccsc12. The Labute approximate surface area is 103 Å². The second-order valence-corrected chi connectivity index (χ2v) is 4.71. The maximum absolute atomic E-state index is 4.39. The van der Waals surface area contributed by atoms with E-state index in [9.17, 15) is 0 Å². The Hall–Kier alpha value is -1.75. The van der Waals surface area contributed by atoms with Gasteiger partial charge >= 0.3 is 0 Å². The van der Waals surface area contributed by atoms with Gasteiger partial charge in [0.15, 0.2) is 5.82 Å². The summed E-state index contributed by atoms with van der Waals surface area (Å²) in [6.07, 6.45) is 7.44. The van der Waals surface area contributed by atoms with E-state index >= 15 is 0 Å². The van der Waals surface area contributed by atoms with Crippen molar-refractivity contribution in [3.63, 3.8) is 0 Å². The molecule has 0 aliphatic rings. The smallest absolute Gasteiger partial charge is 0.159 e. The molecule has 0 unspecified atom stereocenters. The lowest BCUT2D eigenvalue weighted by Gasteiger charge is -2.06. The van der Waals surface area contributed by atoms with Gasteiger partial charge in [0.2, 0.25) is 0 Å². The lowest BCUT2D eigenvalue weighted by atomic mass is 10.3. The van der Waals surface area contributed by atoms with Crippen molar-refractivity contribution in [2.45, 2.75) is 19.8 Å². The van der Waals surface area contributed by atoms with E-state index in [1.807, 2.05) is 23.8 Å². The lowest BCUT2D eigenvalue weighted by Crippen LogP contribution is -2.02. The third-order valence-electron chi connectivity index (χ3n) is 2.64. The Morgan fingerprint density at radius 3 is 3.12 bits per heavy atom. The molecule has 5 heteroatoms. The number of hydrogen-bond acceptors (Lipinski definition) is 4. The number of nitrogens with zero attached hydrogens (tertiary/aromatic N) is 4. The van der Waals surface area contributed by atoms with Crippen molar-refractivity contribution in [2.24, 2.45) is 0 Å². The molecule has 0 fully saturated rings. The molecule has 86 valence electrons. The minimum absolute atomic E-state index is 0.936. The highest BCUT2D eigenvalue weighted by molar-refractivity contribution is 7.17. The van der Waals surface area contributed by atoms with E-state index < -0.39 is 0 Å². The van der Waals surface area contributed by atoms with Crippen LogP contribution in [0.3, 0.4) is 0 Å². The minimum atomic E-state index is 0.936. The number of aryl methyl sites for hydroxylation is 1. The fourth-order valence-electron chi connectivity index (χ4n) is 1.88. The van der Waals surface area contributed by atoms with Gasteiger partial charge in [-0.2, -0.15) is 0 Å². The van der Waals surface area contributed by atoms with Gasteiger partial charge in [-0.15, -0.1) is 11.3 Å². The van der Waals surface area contributed by atoms with Gasteiger partial charge in [0.05, 0.1) is 10.2 Å². The first-order valence-corrected chi connectivity index (χ1v) is 6.49. The van der Waals surface area contributed by atoms with Gasteiger partial charge in [-0.05, 0) is 17.9 Å². The topological polar surface area (TPSA) is 43.6 Å². The summed E-state index contributed by atoms with van der Waals surface area (Å²) < 4.78 is 3.17. The van der Waals surface area contributed by atoms with Crippen molar-refractivity contribution < 1.29 is 0 Å². The summed E-state index contributed by atoms with van der Waals surface area (Å²) in [4.78, 5) is 13.0. The third-order valence-corrected chi connectivity index (χ3v) is 3.54. The highest BCUT2D eigenvalue weighted by Gasteiger charge is 2.10. The van der Waals surface area contributed by atoms with E-state index in [4.69, 9.17) is 0 Å². The van der Waals surface area contributed by atoms with Crippen molar-refractivity contribution >= 4 is 21.6 Å². The fourth-order valence-corrected chi connectivity index (χ4v) is 2.71. The van der Waals surface area contributed by atoms with Crippen LogP contribution in [0.15, 0.2) is 30.2 Å². The van der Waals surface area contributed by atoms with Gasteiger partial charge in [0.1, 0.15) is 12.2 Å². The van der Waals surface area contributed by atoms with E-state index in [-0.39, 0.29) is 0 Å². The molecular weight excluding hydrogens is 232 g/mol.